The molecule has 0 saturated carbocycles. The van der Waals surface area contributed by atoms with Crippen molar-refractivity contribution in [1.29, 1.82) is 0 Å². The number of carbonyl (C=O) groups excluding carboxylic acids is 1. The van der Waals surface area contributed by atoms with Gasteiger partial charge in [-0.25, -0.2) is 12.7 Å². The first kappa shape index (κ1) is 20.8. The molecule has 156 valence electrons. The number of aromatic nitrogens is 1. The van der Waals surface area contributed by atoms with E-state index in [1.54, 1.807) is 29.3 Å². The number of aryl methyl sites for hydroxylation is 1. The summed E-state index contributed by atoms with van der Waals surface area (Å²) in [6, 6.07) is 14.9. The van der Waals surface area contributed by atoms with E-state index in [0.717, 1.165) is 39.9 Å². The van der Waals surface area contributed by atoms with Gasteiger partial charge in [-0.1, -0.05) is 18.2 Å². The van der Waals surface area contributed by atoms with E-state index in [0.29, 0.717) is 12.3 Å². The molecule has 2 heterocycles. The summed E-state index contributed by atoms with van der Waals surface area (Å²) in [5.74, 6) is 0.329. The normalized spacial score (nSPS) is 14.2. The summed E-state index contributed by atoms with van der Waals surface area (Å²) in [5.41, 5.74) is 2.62. The number of nitrogens with zero attached hydrogens (tertiary/aromatic N) is 3. The Balaban J connectivity index is 1.55. The van der Waals surface area contributed by atoms with Crippen LogP contribution >= 0.6 is 11.8 Å². The summed E-state index contributed by atoms with van der Waals surface area (Å²) < 4.78 is 26.1. The number of fused-ring (bicyclic) bond motifs is 2. The van der Waals surface area contributed by atoms with Crippen LogP contribution in [-0.2, 0) is 21.2 Å². The van der Waals surface area contributed by atoms with Crippen LogP contribution in [0, 0.1) is 0 Å². The third-order valence-electron chi connectivity index (χ3n) is 5.21. The second-order valence-electron chi connectivity index (χ2n) is 7.34. The first-order valence-corrected chi connectivity index (χ1v) is 12.1. The van der Waals surface area contributed by atoms with Gasteiger partial charge in [-0.15, -0.1) is 11.8 Å². The number of hydrogen-bond acceptors (Lipinski definition) is 5. The molecule has 4 rings (SSSR count). The smallest absolute Gasteiger partial charge is 0.242 e. The van der Waals surface area contributed by atoms with Gasteiger partial charge in [0.25, 0.3) is 0 Å². The van der Waals surface area contributed by atoms with Crippen molar-refractivity contribution in [2.45, 2.75) is 22.6 Å². The van der Waals surface area contributed by atoms with Gasteiger partial charge >= 0.3 is 0 Å². The Morgan fingerprint density at radius 3 is 2.77 bits per heavy atom. The number of thioether (sulfide) groups is 1. The molecule has 0 fully saturated rings. The molecule has 0 N–H and O–H groups in total. The first-order chi connectivity index (χ1) is 14.4. The molecule has 3 aromatic rings. The van der Waals surface area contributed by atoms with E-state index in [9.17, 15) is 13.2 Å². The topological polar surface area (TPSA) is 70.6 Å². The Hall–Kier alpha value is -2.42. The van der Waals surface area contributed by atoms with Crippen LogP contribution in [0.1, 0.15) is 12.0 Å². The van der Waals surface area contributed by atoms with E-state index < -0.39 is 10.0 Å². The lowest BCUT2D eigenvalue weighted by Gasteiger charge is -2.30. The van der Waals surface area contributed by atoms with Gasteiger partial charge in [0.2, 0.25) is 15.9 Å². The zero-order valence-corrected chi connectivity index (χ0v) is 18.5. The molecule has 0 saturated heterocycles. The lowest BCUT2D eigenvalue weighted by atomic mass is 10.0. The number of carbonyl (C=O) groups is 1. The third kappa shape index (κ3) is 3.95. The average Bonchev–Trinajstić information content (AvgIpc) is 2.76. The fourth-order valence-corrected chi connectivity index (χ4v) is 5.49. The first-order valence-electron chi connectivity index (χ1n) is 9.70. The standard InChI is InChI=1S/C22H23N3O3S2/c1-24(2)30(27,28)17-9-10-20-16(14-17)6-5-13-25(20)22(26)15-29-21-11-12-23-19-8-4-3-7-18(19)21/h3-4,7-12,14H,5-6,13,15H2,1-2H3. The van der Waals surface area contributed by atoms with Gasteiger partial charge in [-0.2, -0.15) is 0 Å². The number of anilines is 1. The number of benzene rings is 2. The molecule has 1 amide bonds. The minimum Gasteiger partial charge on any atom is -0.311 e. The summed E-state index contributed by atoms with van der Waals surface area (Å²) >= 11 is 1.50. The van der Waals surface area contributed by atoms with Gasteiger partial charge in [-0.3, -0.25) is 9.78 Å². The predicted molar refractivity (Wildman–Crippen MR) is 120 cm³/mol. The highest BCUT2D eigenvalue weighted by atomic mass is 32.2. The summed E-state index contributed by atoms with van der Waals surface area (Å²) in [6.45, 7) is 0.642. The minimum absolute atomic E-state index is 0.0186. The molecule has 2 aromatic carbocycles. The van der Waals surface area contributed by atoms with Crippen LogP contribution in [0.2, 0.25) is 0 Å². The van der Waals surface area contributed by atoms with Crippen LogP contribution < -0.4 is 4.90 Å². The Morgan fingerprint density at radius 2 is 1.97 bits per heavy atom. The second-order valence-corrected chi connectivity index (χ2v) is 10.5. The van der Waals surface area contributed by atoms with Gasteiger partial charge < -0.3 is 4.90 Å². The molecule has 0 atom stereocenters. The van der Waals surface area contributed by atoms with Crippen LogP contribution in [0.5, 0.6) is 0 Å². The number of rotatable bonds is 5. The molecule has 0 radical (unpaired) electrons. The van der Waals surface area contributed by atoms with Crippen molar-refractivity contribution in [1.82, 2.24) is 9.29 Å². The van der Waals surface area contributed by atoms with Crippen molar-refractivity contribution in [2.24, 2.45) is 0 Å². The molecule has 1 aromatic heterocycles. The van der Waals surface area contributed by atoms with Crippen LogP contribution in [0.25, 0.3) is 10.9 Å². The maximum Gasteiger partial charge on any atom is 0.242 e. The summed E-state index contributed by atoms with van der Waals surface area (Å²) in [7, 11) is -0.458. The molecule has 0 aliphatic carbocycles. The lowest BCUT2D eigenvalue weighted by Crippen LogP contribution is -2.36. The number of hydrogen-bond donors (Lipinski definition) is 0. The molecule has 0 bridgehead atoms. The van der Waals surface area contributed by atoms with E-state index in [1.807, 2.05) is 30.3 Å². The number of sulfonamides is 1. The summed E-state index contributed by atoms with van der Waals surface area (Å²) in [4.78, 5) is 20.5. The van der Waals surface area contributed by atoms with Crippen molar-refractivity contribution in [3.63, 3.8) is 0 Å². The summed E-state index contributed by atoms with van der Waals surface area (Å²) in [6.07, 6.45) is 3.34. The number of amides is 1. The van der Waals surface area contributed by atoms with Crippen molar-refractivity contribution in [2.75, 3.05) is 31.3 Å². The molecule has 30 heavy (non-hydrogen) atoms. The van der Waals surface area contributed by atoms with E-state index in [2.05, 4.69) is 4.98 Å². The third-order valence-corrected chi connectivity index (χ3v) is 8.08. The molecule has 8 heteroatoms. The predicted octanol–water partition coefficient (Wildman–Crippen LogP) is 3.56. The highest BCUT2D eigenvalue weighted by Gasteiger charge is 2.25. The van der Waals surface area contributed by atoms with Crippen molar-refractivity contribution >= 4 is 44.3 Å². The highest BCUT2D eigenvalue weighted by Crippen LogP contribution is 2.32. The van der Waals surface area contributed by atoms with Crippen molar-refractivity contribution in [3.8, 4) is 0 Å². The Labute approximate surface area is 181 Å². The Morgan fingerprint density at radius 1 is 1.17 bits per heavy atom. The minimum atomic E-state index is -3.50. The average molecular weight is 442 g/mol. The number of para-hydroxylation sites is 1. The zero-order valence-electron chi connectivity index (χ0n) is 16.9. The maximum atomic E-state index is 13.0. The van der Waals surface area contributed by atoms with Gasteiger partial charge in [-0.05, 0) is 48.7 Å². The maximum absolute atomic E-state index is 13.0. The largest absolute Gasteiger partial charge is 0.311 e. The van der Waals surface area contributed by atoms with Crippen molar-refractivity contribution in [3.05, 3.63) is 60.3 Å². The van der Waals surface area contributed by atoms with Gasteiger partial charge in [0.15, 0.2) is 0 Å². The quantitative estimate of drug-likeness (QED) is 0.566. The van der Waals surface area contributed by atoms with Gasteiger partial charge in [0, 0.05) is 42.8 Å². The lowest BCUT2D eigenvalue weighted by molar-refractivity contribution is -0.116. The second kappa shape index (κ2) is 8.37. The van der Waals surface area contributed by atoms with Crippen LogP contribution in [-0.4, -0.2) is 50.0 Å². The molecule has 0 unspecified atom stereocenters. The number of pyridine rings is 1. The van der Waals surface area contributed by atoms with E-state index >= 15 is 0 Å². The molecule has 1 aliphatic rings. The van der Waals surface area contributed by atoms with Crippen molar-refractivity contribution < 1.29 is 13.2 Å². The SMILES string of the molecule is CN(C)S(=O)(=O)c1ccc2c(c1)CCCN2C(=O)CSc1ccnc2ccccc12. The monoisotopic (exact) mass is 441 g/mol. The Kier molecular flexibility index (Phi) is 5.81. The molecule has 1 aliphatic heterocycles. The molecular weight excluding hydrogens is 418 g/mol. The fourth-order valence-electron chi connectivity index (χ4n) is 3.62. The Bertz CT molecular complexity index is 1200. The highest BCUT2D eigenvalue weighted by molar-refractivity contribution is 8.00. The van der Waals surface area contributed by atoms with E-state index in [1.165, 1.54) is 30.2 Å². The van der Waals surface area contributed by atoms with Crippen LogP contribution in [0.4, 0.5) is 5.69 Å². The summed E-state index contributed by atoms with van der Waals surface area (Å²) in [5, 5.41) is 1.04. The van der Waals surface area contributed by atoms with E-state index in [-0.39, 0.29) is 10.8 Å². The fraction of sp³-hybridized carbons (Fsp3) is 0.273. The molecule has 0 spiro atoms. The van der Waals surface area contributed by atoms with Crippen LogP contribution in [0.15, 0.2) is 64.5 Å². The van der Waals surface area contributed by atoms with Gasteiger partial charge in [0.1, 0.15) is 0 Å². The zero-order chi connectivity index (χ0) is 21.3. The van der Waals surface area contributed by atoms with E-state index in [4.69, 9.17) is 0 Å². The molecule has 6 nitrogen and oxygen atoms in total. The van der Waals surface area contributed by atoms with Gasteiger partial charge in [0.05, 0.1) is 16.2 Å². The van der Waals surface area contributed by atoms with Crippen LogP contribution in [0.3, 0.4) is 0 Å². The molecular formula is C22H23N3O3S2.